The Morgan fingerprint density at radius 3 is 2.56 bits per heavy atom. The second-order valence-electron chi connectivity index (χ2n) is 5.93. The molecule has 0 atom stereocenters. The molecule has 3 N–H and O–H groups in total. The Morgan fingerprint density at radius 2 is 1.85 bits per heavy atom. The van der Waals surface area contributed by atoms with E-state index in [9.17, 15) is 4.79 Å². The van der Waals surface area contributed by atoms with Gasteiger partial charge in [-0.2, -0.15) is 0 Å². The number of carbonyl (C=O) groups is 1. The number of nitrogens with zero attached hydrogens (tertiary/aromatic N) is 1. The number of hydrogen-bond donors (Lipinski definition) is 3. The highest BCUT2D eigenvalue weighted by Crippen LogP contribution is 2.20. The molecular formula is C19H32N4O4. The summed E-state index contributed by atoms with van der Waals surface area (Å²) in [5.74, 6) is 1.27. The van der Waals surface area contributed by atoms with Crippen molar-refractivity contribution < 1.29 is 19.0 Å². The van der Waals surface area contributed by atoms with Gasteiger partial charge >= 0.3 is 0 Å². The predicted octanol–water partition coefficient (Wildman–Crippen LogP) is 0.838. The van der Waals surface area contributed by atoms with Crippen molar-refractivity contribution in [1.82, 2.24) is 16.0 Å². The first-order valence-electron chi connectivity index (χ1n) is 9.02. The van der Waals surface area contributed by atoms with Gasteiger partial charge in [-0.25, -0.2) is 0 Å². The number of hydrogen-bond acceptors (Lipinski definition) is 5. The molecule has 0 aliphatic heterocycles. The molecule has 0 saturated carbocycles. The summed E-state index contributed by atoms with van der Waals surface area (Å²) in [6, 6.07) is 6.08. The van der Waals surface area contributed by atoms with Gasteiger partial charge in [0.05, 0.1) is 19.8 Å². The first-order valence-corrected chi connectivity index (χ1v) is 9.02. The number of carbonyl (C=O) groups excluding carboxylic acids is 1. The molecule has 27 heavy (non-hydrogen) atoms. The first kappa shape index (κ1) is 22.7. The second kappa shape index (κ2) is 13.8. The van der Waals surface area contributed by atoms with Gasteiger partial charge in [0.25, 0.3) is 0 Å². The van der Waals surface area contributed by atoms with Crippen LogP contribution >= 0.6 is 0 Å². The Labute approximate surface area is 161 Å². The molecule has 1 rings (SSSR count). The topological polar surface area (TPSA) is 93.2 Å². The average Bonchev–Trinajstić information content (AvgIpc) is 2.66. The van der Waals surface area contributed by atoms with Crippen LogP contribution in [0.4, 0.5) is 0 Å². The van der Waals surface area contributed by atoms with E-state index in [1.54, 1.807) is 21.3 Å². The van der Waals surface area contributed by atoms with Gasteiger partial charge < -0.3 is 30.2 Å². The van der Waals surface area contributed by atoms with Crippen molar-refractivity contribution >= 4 is 11.9 Å². The minimum Gasteiger partial charge on any atom is -0.493 e. The zero-order valence-corrected chi connectivity index (χ0v) is 16.8. The van der Waals surface area contributed by atoms with E-state index in [2.05, 4.69) is 20.9 Å². The number of guanidine groups is 1. The normalized spacial score (nSPS) is 11.2. The monoisotopic (exact) mass is 380 g/mol. The fraction of sp³-hybridized carbons (Fsp3) is 0.579. The molecule has 8 nitrogen and oxygen atoms in total. The molecule has 0 radical (unpaired) electrons. The van der Waals surface area contributed by atoms with Crippen molar-refractivity contribution in [3.63, 3.8) is 0 Å². The lowest BCUT2D eigenvalue weighted by Gasteiger charge is -2.15. The molecule has 0 heterocycles. The third-order valence-electron chi connectivity index (χ3n) is 3.69. The van der Waals surface area contributed by atoms with E-state index in [4.69, 9.17) is 14.2 Å². The van der Waals surface area contributed by atoms with Gasteiger partial charge in [-0.3, -0.25) is 9.79 Å². The smallest absolute Gasteiger partial charge is 0.239 e. The molecule has 0 fully saturated rings. The van der Waals surface area contributed by atoms with Crippen molar-refractivity contribution in [2.24, 2.45) is 4.99 Å². The van der Waals surface area contributed by atoms with Gasteiger partial charge in [0, 0.05) is 52.9 Å². The third-order valence-corrected chi connectivity index (χ3v) is 3.69. The van der Waals surface area contributed by atoms with Gasteiger partial charge in [0.2, 0.25) is 5.91 Å². The zero-order chi connectivity index (χ0) is 19.9. The molecule has 8 heteroatoms. The van der Waals surface area contributed by atoms with Gasteiger partial charge in [0.1, 0.15) is 5.75 Å². The van der Waals surface area contributed by atoms with E-state index in [0.29, 0.717) is 38.9 Å². The summed E-state index contributed by atoms with van der Waals surface area (Å²) in [4.78, 5) is 15.9. The summed E-state index contributed by atoms with van der Waals surface area (Å²) < 4.78 is 15.8. The van der Waals surface area contributed by atoms with Crippen LogP contribution in [-0.4, -0.2) is 66.0 Å². The Balaban J connectivity index is 2.50. The largest absolute Gasteiger partial charge is 0.493 e. The number of aryl methyl sites for hydroxylation is 1. The highest BCUT2D eigenvalue weighted by molar-refractivity contribution is 5.86. The highest BCUT2D eigenvalue weighted by Gasteiger charge is 2.07. The van der Waals surface area contributed by atoms with E-state index in [1.165, 1.54) is 0 Å². The zero-order valence-electron chi connectivity index (χ0n) is 16.8. The number of benzene rings is 1. The van der Waals surface area contributed by atoms with Crippen LogP contribution in [-0.2, 0) is 20.8 Å². The molecule has 0 spiro atoms. The van der Waals surface area contributed by atoms with Gasteiger partial charge in [-0.15, -0.1) is 0 Å². The molecule has 0 saturated heterocycles. The van der Waals surface area contributed by atoms with E-state index in [-0.39, 0.29) is 12.5 Å². The summed E-state index contributed by atoms with van der Waals surface area (Å²) in [6.45, 7) is 4.93. The van der Waals surface area contributed by atoms with Crippen LogP contribution in [0.2, 0.25) is 0 Å². The number of methoxy groups -OCH3 is 2. The molecular weight excluding hydrogens is 348 g/mol. The summed E-state index contributed by atoms with van der Waals surface area (Å²) >= 11 is 0. The fourth-order valence-electron chi connectivity index (χ4n) is 2.25. The van der Waals surface area contributed by atoms with Crippen LogP contribution in [0.5, 0.6) is 5.75 Å². The van der Waals surface area contributed by atoms with Crippen molar-refractivity contribution in [3.8, 4) is 5.75 Å². The molecule has 0 aliphatic carbocycles. The second-order valence-corrected chi connectivity index (χ2v) is 5.93. The van der Waals surface area contributed by atoms with Crippen LogP contribution in [0.25, 0.3) is 0 Å². The van der Waals surface area contributed by atoms with Crippen LogP contribution in [0, 0.1) is 6.92 Å². The van der Waals surface area contributed by atoms with Crippen molar-refractivity contribution in [2.45, 2.75) is 19.9 Å². The van der Waals surface area contributed by atoms with Crippen LogP contribution in [0.15, 0.2) is 23.2 Å². The lowest BCUT2D eigenvalue weighted by molar-refractivity contribution is -0.120. The van der Waals surface area contributed by atoms with Crippen LogP contribution < -0.4 is 20.7 Å². The number of rotatable bonds is 12. The SMILES string of the molecule is CN=C(NCC(=O)NCCOC)NCc1ccc(C)cc1OCCCOC. The lowest BCUT2D eigenvalue weighted by atomic mass is 10.1. The number of amides is 1. The third kappa shape index (κ3) is 9.81. The van der Waals surface area contributed by atoms with Crippen LogP contribution in [0.1, 0.15) is 17.5 Å². The maximum absolute atomic E-state index is 11.7. The quantitative estimate of drug-likeness (QED) is 0.283. The van der Waals surface area contributed by atoms with Crippen molar-refractivity contribution in [2.75, 3.05) is 54.2 Å². The van der Waals surface area contributed by atoms with E-state index in [1.807, 2.05) is 25.1 Å². The summed E-state index contributed by atoms with van der Waals surface area (Å²) in [5.41, 5.74) is 2.15. The Hall–Kier alpha value is -2.32. The number of ether oxygens (including phenoxy) is 3. The maximum Gasteiger partial charge on any atom is 0.239 e. The Kier molecular flexibility index (Phi) is 11.6. The summed E-state index contributed by atoms with van der Waals surface area (Å²) in [6.07, 6.45) is 0.832. The minimum atomic E-state index is -0.118. The molecule has 1 aromatic carbocycles. The van der Waals surface area contributed by atoms with E-state index >= 15 is 0 Å². The molecule has 152 valence electrons. The molecule has 0 bridgehead atoms. The number of nitrogens with one attached hydrogen (secondary N) is 3. The maximum atomic E-state index is 11.7. The molecule has 0 aliphatic rings. The fourth-order valence-corrected chi connectivity index (χ4v) is 2.25. The average molecular weight is 380 g/mol. The molecule has 0 aromatic heterocycles. The standard InChI is InChI=1S/C19H32N4O4/c1-15-6-7-16(17(12-15)27-10-5-9-25-3)13-22-19(20-2)23-14-18(24)21-8-11-26-4/h6-7,12H,5,8-11,13-14H2,1-4H3,(H,21,24)(H2,20,22,23). The van der Waals surface area contributed by atoms with Crippen molar-refractivity contribution in [1.29, 1.82) is 0 Å². The molecule has 1 amide bonds. The Morgan fingerprint density at radius 1 is 1.07 bits per heavy atom. The Bertz CT molecular complexity index is 593. The molecule has 0 unspecified atom stereocenters. The highest BCUT2D eigenvalue weighted by atomic mass is 16.5. The van der Waals surface area contributed by atoms with E-state index < -0.39 is 0 Å². The lowest BCUT2D eigenvalue weighted by Crippen LogP contribution is -2.43. The van der Waals surface area contributed by atoms with Crippen molar-refractivity contribution in [3.05, 3.63) is 29.3 Å². The molecule has 1 aromatic rings. The van der Waals surface area contributed by atoms with Gasteiger partial charge in [-0.1, -0.05) is 12.1 Å². The predicted molar refractivity (Wildman–Crippen MR) is 106 cm³/mol. The van der Waals surface area contributed by atoms with E-state index in [0.717, 1.165) is 23.3 Å². The van der Waals surface area contributed by atoms with Gasteiger partial charge in [-0.05, 0) is 18.6 Å². The summed E-state index contributed by atoms with van der Waals surface area (Å²) in [5, 5.41) is 8.93. The number of aliphatic imine (C=N–C) groups is 1. The van der Waals surface area contributed by atoms with Crippen LogP contribution in [0.3, 0.4) is 0 Å². The summed E-state index contributed by atoms with van der Waals surface area (Å²) in [7, 11) is 4.94. The minimum absolute atomic E-state index is 0.118. The van der Waals surface area contributed by atoms with Gasteiger partial charge in [0.15, 0.2) is 5.96 Å². The first-order chi connectivity index (χ1) is 13.1.